The minimum absolute atomic E-state index is 0.639. The molecule has 0 fully saturated rings. The van der Waals surface area contributed by atoms with Gasteiger partial charge >= 0.3 is 0 Å². The lowest BCUT2D eigenvalue weighted by Crippen LogP contribution is -2.42. The quantitative estimate of drug-likeness (QED) is 0.656. The van der Waals surface area contributed by atoms with E-state index in [-0.39, 0.29) is 0 Å². The van der Waals surface area contributed by atoms with Crippen molar-refractivity contribution in [1.29, 1.82) is 0 Å². The van der Waals surface area contributed by atoms with Crippen LogP contribution in [0.3, 0.4) is 0 Å². The fraction of sp³-hybridized carbons (Fsp3) is 1.00. The normalized spacial score (nSPS) is 14.2. The summed E-state index contributed by atoms with van der Waals surface area (Å²) in [5.74, 6) is 0. The molecule has 0 radical (unpaired) electrons. The van der Waals surface area contributed by atoms with E-state index in [2.05, 4.69) is 38.0 Å². The second kappa shape index (κ2) is 6.44. The van der Waals surface area contributed by atoms with Crippen molar-refractivity contribution >= 4 is 0 Å². The maximum atomic E-state index is 3.21. The van der Waals surface area contributed by atoms with Crippen molar-refractivity contribution < 1.29 is 0 Å². The Hall–Kier alpha value is -0.0800. The van der Waals surface area contributed by atoms with E-state index < -0.39 is 0 Å². The highest BCUT2D eigenvalue weighted by atomic mass is 15.2. The van der Waals surface area contributed by atoms with Crippen molar-refractivity contribution in [3.8, 4) is 0 Å². The van der Waals surface area contributed by atoms with Crippen LogP contribution >= 0.6 is 0 Å². The Morgan fingerprint density at radius 2 is 1.75 bits per heavy atom. The lowest BCUT2D eigenvalue weighted by atomic mass is 10.1. The molecule has 0 aromatic heterocycles. The van der Waals surface area contributed by atoms with Crippen LogP contribution in [0.2, 0.25) is 0 Å². The Morgan fingerprint density at radius 3 is 2.08 bits per heavy atom. The molecule has 0 amide bonds. The van der Waals surface area contributed by atoms with Crippen LogP contribution in [0.5, 0.6) is 0 Å². The first-order valence-corrected chi connectivity index (χ1v) is 5.03. The molecule has 0 aliphatic rings. The molecule has 2 nitrogen and oxygen atoms in total. The molecule has 74 valence electrons. The Bertz CT molecular complexity index is 100. The second-order valence-corrected chi connectivity index (χ2v) is 3.54. The van der Waals surface area contributed by atoms with Crippen molar-refractivity contribution in [1.82, 2.24) is 10.2 Å². The fourth-order valence-electron chi connectivity index (χ4n) is 1.66. The summed E-state index contributed by atoms with van der Waals surface area (Å²) < 4.78 is 0. The van der Waals surface area contributed by atoms with Gasteiger partial charge < -0.3 is 5.32 Å². The largest absolute Gasteiger partial charge is 0.318 e. The number of nitrogens with zero attached hydrogens (tertiary/aromatic N) is 1. The van der Waals surface area contributed by atoms with Gasteiger partial charge in [-0.3, -0.25) is 4.90 Å². The van der Waals surface area contributed by atoms with Gasteiger partial charge in [0.15, 0.2) is 0 Å². The minimum Gasteiger partial charge on any atom is -0.318 e. The molecule has 0 aromatic rings. The van der Waals surface area contributed by atoms with Crippen molar-refractivity contribution in [2.45, 2.75) is 45.7 Å². The zero-order valence-corrected chi connectivity index (χ0v) is 9.22. The average molecular weight is 172 g/mol. The second-order valence-electron chi connectivity index (χ2n) is 3.54. The van der Waals surface area contributed by atoms with Gasteiger partial charge in [0.2, 0.25) is 0 Å². The van der Waals surface area contributed by atoms with E-state index >= 15 is 0 Å². The van der Waals surface area contributed by atoms with Gasteiger partial charge in [0.25, 0.3) is 0 Å². The summed E-state index contributed by atoms with van der Waals surface area (Å²) in [6.45, 7) is 7.87. The maximum Gasteiger partial charge on any atom is 0.0192 e. The van der Waals surface area contributed by atoms with Crippen LogP contribution in [0.25, 0.3) is 0 Å². The van der Waals surface area contributed by atoms with E-state index in [1.165, 1.54) is 12.8 Å². The lowest BCUT2D eigenvalue weighted by molar-refractivity contribution is 0.173. The maximum absolute atomic E-state index is 3.21. The standard InChI is InChI=1S/C10H24N2/c1-6-10(7-2)12(5)9(3)8-11-4/h9-11H,6-8H2,1-5H3. The molecule has 1 unspecified atom stereocenters. The SMILES string of the molecule is CCC(CC)N(C)C(C)CNC. The van der Waals surface area contributed by atoms with E-state index in [1.807, 2.05) is 7.05 Å². The van der Waals surface area contributed by atoms with Gasteiger partial charge in [-0.2, -0.15) is 0 Å². The van der Waals surface area contributed by atoms with E-state index in [0.29, 0.717) is 6.04 Å². The number of nitrogens with one attached hydrogen (secondary N) is 1. The van der Waals surface area contributed by atoms with Crippen molar-refractivity contribution in [3.63, 3.8) is 0 Å². The molecule has 12 heavy (non-hydrogen) atoms. The predicted molar refractivity (Wildman–Crippen MR) is 55.5 cm³/mol. The summed E-state index contributed by atoms with van der Waals surface area (Å²) in [6.07, 6.45) is 2.50. The molecule has 0 saturated carbocycles. The molecule has 0 aliphatic carbocycles. The van der Waals surface area contributed by atoms with Crippen molar-refractivity contribution in [2.24, 2.45) is 0 Å². The highest BCUT2D eigenvalue weighted by Gasteiger charge is 2.15. The topological polar surface area (TPSA) is 15.3 Å². The average Bonchev–Trinajstić information content (AvgIpc) is 2.07. The van der Waals surface area contributed by atoms with Crippen LogP contribution in [0.15, 0.2) is 0 Å². The lowest BCUT2D eigenvalue weighted by Gasteiger charge is -2.31. The van der Waals surface area contributed by atoms with Gasteiger partial charge in [0.05, 0.1) is 0 Å². The Labute approximate surface area is 77.3 Å². The summed E-state index contributed by atoms with van der Waals surface area (Å²) in [4.78, 5) is 2.47. The monoisotopic (exact) mass is 172 g/mol. The smallest absolute Gasteiger partial charge is 0.0192 e. The molecule has 1 atom stereocenters. The summed E-state index contributed by atoms with van der Waals surface area (Å²) in [5.41, 5.74) is 0. The van der Waals surface area contributed by atoms with Crippen LogP contribution in [-0.2, 0) is 0 Å². The highest BCUT2D eigenvalue weighted by Crippen LogP contribution is 2.08. The summed E-state index contributed by atoms with van der Waals surface area (Å²) >= 11 is 0. The first kappa shape index (κ1) is 11.9. The summed E-state index contributed by atoms with van der Waals surface area (Å²) in [7, 11) is 4.23. The van der Waals surface area contributed by atoms with Gasteiger partial charge in [0, 0.05) is 18.6 Å². The Balaban J connectivity index is 3.87. The van der Waals surface area contributed by atoms with E-state index in [9.17, 15) is 0 Å². The molecule has 0 aliphatic heterocycles. The molecule has 1 N–H and O–H groups in total. The summed E-state index contributed by atoms with van der Waals surface area (Å²) in [6, 6.07) is 1.38. The molecule has 0 bridgehead atoms. The van der Waals surface area contributed by atoms with E-state index in [1.54, 1.807) is 0 Å². The third-order valence-corrected chi connectivity index (χ3v) is 2.71. The first-order valence-electron chi connectivity index (χ1n) is 5.03. The van der Waals surface area contributed by atoms with Crippen molar-refractivity contribution in [3.05, 3.63) is 0 Å². The molecular weight excluding hydrogens is 148 g/mol. The number of likely N-dealkylation sites (N-methyl/N-ethyl adjacent to an activating group) is 2. The molecular formula is C10H24N2. The third-order valence-electron chi connectivity index (χ3n) is 2.71. The van der Waals surface area contributed by atoms with Crippen LogP contribution in [0.1, 0.15) is 33.6 Å². The van der Waals surface area contributed by atoms with E-state index in [4.69, 9.17) is 0 Å². The first-order chi connectivity index (χ1) is 5.67. The number of hydrogen-bond donors (Lipinski definition) is 1. The molecule has 0 heterocycles. The van der Waals surface area contributed by atoms with Gasteiger partial charge in [-0.1, -0.05) is 13.8 Å². The Morgan fingerprint density at radius 1 is 1.25 bits per heavy atom. The van der Waals surface area contributed by atoms with Gasteiger partial charge in [-0.05, 0) is 33.9 Å². The van der Waals surface area contributed by atoms with E-state index in [0.717, 1.165) is 12.6 Å². The third kappa shape index (κ3) is 3.55. The van der Waals surface area contributed by atoms with Gasteiger partial charge in [-0.25, -0.2) is 0 Å². The highest BCUT2D eigenvalue weighted by molar-refractivity contribution is 4.72. The van der Waals surface area contributed by atoms with Crippen LogP contribution in [-0.4, -0.2) is 37.6 Å². The van der Waals surface area contributed by atoms with Crippen LogP contribution in [0.4, 0.5) is 0 Å². The van der Waals surface area contributed by atoms with Crippen LogP contribution in [0, 0.1) is 0 Å². The molecule has 0 saturated heterocycles. The summed E-state index contributed by atoms with van der Waals surface area (Å²) in [5, 5.41) is 3.21. The Kier molecular flexibility index (Phi) is 6.39. The fourth-order valence-corrected chi connectivity index (χ4v) is 1.66. The number of rotatable bonds is 6. The van der Waals surface area contributed by atoms with Gasteiger partial charge in [0.1, 0.15) is 0 Å². The molecule has 0 rings (SSSR count). The zero-order chi connectivity index (χ0) is 9.56. The van der Waals surface area contributed by atoms with Gasteiger partial charge in [-0.15, -0.1) is 0 Å². The van der Waals surface area contributed by atoms with Crippen molar-refractivity contribution in [2.75, 3.05) is 20.6 Å². The number of hydrogen-bond acceptors (Lipinski definition) is 2. The minimum atomic E-state index is 0.639. The molecule has 2 heteroatoms. The van der Waals surface area contributed by atoms with Crippen LogP contribution < -0.4 is 5.32 Å². The predicted octanol–water partition coefficient (Wildman–Crippen LogP) is 1.71. The zero-order valence-electron chi connectivity index (χ0n) is 9.22. The molecule has 0 spiro atoms. The molecule has 0 aromatic carbocycles.